The van der Waals surface area contributed by atoms with E-state index in [9.17, 15) is 4.79 Å². The van der Waals surface area contributed by atoms with Crippen molar-refractivity contribution in [2.45, 2.75) is 31.5 Å². The van der Waals surface area contributed by atoms with Crippen LogP contribution in [0.1, 0.15) is 30.5 Å². The molecule has 0 saturated heterocycles. The molecule has 21 heavy (non-hydrogen) atoms. The molecule has 0 fully saturated rings. The van der Waals surface area contributed by atoms with E-state index in [-0.39, 0.29) is 11.9 Å². The molecule has 1 aromatic carbocycles. The molecule has 2 rings (SSSR count). The van der Waals surface area contributed by atoms with E-state index < -0.39 is 0 Å². The lowest BCUT2D eigenvalue weighted by molar-refractivity contribution is -0.119. The van der Waals surface area contributed by atoms with Gasteiger partial charge in [-0.2, -0.15) is 0 Å². The lowest BCUT2D eigenvalue weighted by Crippen LogP contribution is -2.29. The predicted molar refractivity (Wildman–Crippen MR) is 84.1 cm³/mol. The molecule has 2 aromatic rings. The molecule has 0 aliphatic carbocycles. The second kappa shape index (κ2) is 7.26. The third-order valence-corrected chi connectivity index (χ3v) is 4.26. The molecule has 0 unspecified atom stereocenters. The largest absolute Gasteiger partial charge is 0.349 e. The van der Waals surface area contributed by atoms with Gasteiger partial charge in [-0.25, -0.2) is 0 Å². The van der Waals surface area contributed by atoms with Gasteiger partial charge in [-0.3, -0.25) is 4.79 Å². The Bertz CT molecular complexity index is 594. The molecule has 0 bridgehead atoms. The molecule has 1 amide bonds. The van der Waals surface area contributed by atoms with Gasteiger partial charge in [-0.05, 0) is 18.9 Å². The van der Waals surface area contributed by atoms with Crippen molar-refractivity contribution in [2.75, 3.05) is 5.75 Å². The quantitative estimate of drug-likeness (QED) is 0.833. The van der Waals surface area contributed by atoms with Crippen LogP contribution < -0.4 is 5.32 Å². The Kier molecular flexibility index (Phi) is 5.38. The van der Waals surface area contributed by atoms with Crippen molar-refractivity contribution in [3.63, 3.8) is 0 Å². The van der Waals surface area contributed by atoms with Crippen LogP contribution in [-0.2, 0) is 11.8 Å². The van der Waals surface area contributed by atoms with E-state index in [4.69, 9.17) is 0 Å². The summed E-state index contributed by atoms with van der Waals surface area (Å²) in [7, 11) is 1.86. The topological polar surface area (TPSA) is 59.8 Å². The van der Waals surface area contributed by atoms with Crippen molar-refractivity contribution in [3.8, 4) is 0 Å². The van der Waals surface area contributed by atoms with Gasteiger partial charge in [0.25, 0.3) is 0 Å². The number of carbonyl (C=O) groups excluding carboxylic acids is 1. The second-order valence-electron chi connectivity index (χ2n) is 4.95. The first-order valence-electron chi connectivity index (χ1n) is 6.93. The minimum atomic E-state index is 0.00965. The summed E-state index contributed by atoms with van der Waals surface area (Å²) < 4.78 is 1.80. The Morgan fingerprint density at radius 3 is 2.67 bits per heavy atom. The van der Waals surface area contributed by atoms with Gasteiger partial charge in [0, 0.05) is 7.05 Å². The molecule has 1 aromatic heterocycles. The first-order chi connectivity index (χ1) is 10.1. The van der Waals surface area contributed by atoms with Crippen LogP contribution in [0.15, 0.2) is 35.7 Å². The van der Waals surface area contributed by atoms with E-state index in [0.29, 0.717) is 5.75 Å². The Labute approximate surface area is 129 Å². The third kappa shape index (κ3) is 4.32. The summed E-state index contributed by atoms with van der Waals surface area (Å²) >= 11 is 1.39. The average Bonchev–Trinajstić information content (AvgIpc) is 2.89. The zero-order valence-corrected chi connectivity index (χ0v) is 13.4. The first kappa shape index (κ1) is 15.6. The Morgan fingerprint density at radius 2 is 2.10 bits per heavy atom. The maximum absolute atomic E-state index is 12.1. The van der Waals surface area contributed by atoms with Crippen LogP contribution in [0.3, 0.4) is 0 Å². The van der Waals surface area contributed by atoms with Gasteiger partial charge in [0.05, 0.1) is 11.8 Å². The van der Waals surface area contributed by atoms with E-state index in [1.54, 1.807) is 10.9 Å². The van der Waals surface area contributed by atoms with Crippen LogP contribution >= 0.6 is 11.8 Å². The molecule has 6 heteroatoms. The maximum atomic E-state index is 12.1. The monoisotopic (exact) mass is 304 g/mol. The molecule has 112 valence electrons. The molecule has 0 spiro atoms. The van der Waals surface area contributed by atoms with Gasteiger partial charge in [-0.1, -0.05) is 48.5 Å². The van der Waals surface area contributed by atoms with E-state index in [2.05, 4.69) is 53.6 Å². The van der Waals surface area contributed by atoms with E-state index in [0.717, 1.165) is 17.1 Å². The molecule has 0 aliphatic heterocycles. The number of nitrogens with one attached hydrogen (secondary N) is 1. The van der Waals surface area contributed by atoms with Crippen LogP contribution in [0.5, 0.6) is 0 Å². The number of benzene rings is 1. The highest BCUT2D eigenvalue weighted by Gasteiger charge is 2.13. The normalized spacial score (nSPS) is 12.1. The molecule has 1 heterocycles. The zero-order chi connectivity index (χ0) is 15.2. The highest BCUT2D eigenvalue weighted by molar-refractivity contribution is 7.99. The van der Waals surface area contributed by atoms with Crippen molar-refractivity contribution >= 4 is 17.7 Å². The van der Waals surface area contributed by atoms with Gasteiger partial charge in [0.1, 0.15) is 6.33 Å². The molecule has 1 atom stereocenters. The first-order valence-corrected chi connectivity index (χ1v) is 7.91. The SMILES string of the molecule is CC[C@@H](NC(=O)CSc1nncn1C)c1ccc(C)cc1. The fourth-order valence-electron chi connectivity index (χ4n) is 1.99. The number of carbonyl (C=O) groups is 1. The highest BCUT2D eigenvalue weighted by atomic mass is 32.2. The molecular weight excluding hydrogens is 284 g/mol. The molecule has 1 N–H and O–H groups in total. The van der Waals surface area contributed by atoms with E-state index in [1.165, 1.54) is 17.3 Å². The van der Waals surface area contributed by atoms with Gasteiger partial charge < -0.3 is 9.88 Å². The molecular formula is C15H20N4OS. The smallest absolute Gasteiger partial charge is 0.230 e. The van der Waals surface area contributed by atoms with Crippen LogP contribution in [0, 0.1) is 6.92 Å². The number of aryl methyl sites for hydroxylation is 2. The Morgan fingerprint density at radius 1 is 1.38 bits per heavy atom. The summed E-state index contributed by atoms with van der Waals surface area (Å²) in [6, 6.07) is 8.33. The van der Waals surface area contributed by atoms with Crippen molar-refractivity contribution in [1.82, 2.24) is 20.1 Å². The second-order valence-corrected chi connectivity index (χ2v) is 5.89. The summed E-state index contributed by atoms with van der Waals surface area (Å²) in [6.45, 7) is 4.13. The van der Waals surface area contributed by atoms with E-state index >= 15 is 0 Å². The minimum absolute atomic E-state index is 0.00965. The van der Waals surface area contributed by atoms with Gasteiger partial charge in [-0.15, -0.1) is 10.2 Å². The number of aromatic nitrogens is 3. The number of rotatable bonds is 6. The van der Waals surface area contributed by atoms with Crippen molar-refractivity contribution < 1.29 is 4.79 Å². The van der Waals surface area contributed by atoms with E-state index in [1.807, 2.05) is 7.05 Å². The fraction of sp³-hybridized carbons (Fsp3) is 0.400. The number of nitrogens with zero attached hydrogens (tertiary/aromatic N) is 3. The third-order valence-electron chi connectivity index (χ3n) is 3.23. The summed E-state index contributed by atoms with van der Waals surface area (Å²) in [5.74, 6) is 0.352. The lowest BCUT2D eigenvalue weighted by atomic mass is 10.0. The van der Waals surface area contributed by atoms with Crippen molar-refractivity contribution in [3.05, 3.63) is 41.7 Å². The van der Waals surface area contributed by atoms with Gasteiger partial charge in [0.2, 0.25) is 5.91 Å². The summed E-state index contributed by atoms with van der Waals surface area (Å²) in [5.41, 5.74) is 2.36. The van der Waals surface area contributed by atoms with Crippen LogP contribution in [0.4, 0.5) is 0 Å². The minimum Gasteiger partial charge on any atom is -0.349 e. The van der Waals surface area contributed by atoms with Gasteiger partial charge in [0.15, 0.2) is 5.16 Å². The zero-order valence-electron chi connectivity index (χ0n) is 12.5. The number of hydrogen-bond donors (Lipinski definition) is 1. The fourth-order valence-corrected chi connectivity index (χ4v) is 2.69. The van der Waals surface area contributed by atoms with Gasteiger partial charge >= 0.3 is 0 Å². The number of hydrogen-bond acceptors (Lipinski definition) is 4. The highest BCUT2D eigenvalue weighted by Crippen LogP contribution is 2.18. The summed E-state index contributed by atoms with van der Waals surface area (Å²) in [6.07, 6.45) is 2.49. The Hall–Kier alpha value is -1.82. The molecule has 5 nitrogen and oxygen atoms in total. The molecule has 0 saturated carbocycles. The van der Waals surface area contributed by atoms with Crippen molar-refractivity contribution in [1.29, 1.82) is 0 Å². The molecule has 0 radical (unpaired) electrons. The number of amides is 1. The summed E-state index contributed by atoms with van der Waals surface area (Å²) in [4.78, 5) is 12.1. The van der Waals surface area contributed by atoms with Crippen molar-refractivity contribution in [2.24, 2.45) is 7.05 Å². The average molecular weight is 304 g/mol. The predicted octanol–water partition coefficient (Wildman–Crippen LogP) is 2.48. The molecule has 0 aliphatic rings. The summed E-state index contributed by atoms with van der Waals surface area (Å²) in [5, 5.41) is 11.6. The van der Waals surface area contributed by atoms with Crippen LogP contribution in [-0.4, -0.2) is 26.4 Å². The standard InChI is InChI=1S/C15H20N4OS/c1-4-13(12-7-5-11(2)6-8-12)17-14(20)9-21-15-18-16-10-19(15)3/h5-8,10,13H,4,9H2,1-3H3,(H,17,20)/t13-/m1/s1. The lowest BCUT2D eigenvalue weighted by Gasteiger charge is -2.17. The van der Waals surface area contributed by atoms with Crippen LogP contribution in [0.2, 0.25) is 0 Å². The maximum Gasteiger partial charge on any atom is 0.230 e. The number of thioether (sulfide) groups is 1. The Balaban J connectivity index is 1.90. The van der Waals surface area contributed by atoms with Crippen LogP contribution in [0.25, 0.3) is 0 Å².